The Balaban J connectivity index is 2.38. The molecular formula is C13H23NO3. The summed E-state index contributed by atoms with van der Waals surface area (Å²) < 4.78 is 10.3. The first-order valence-corrected chi connectivity index (χ1v) is 6.39. The largest absolute Gasteiger partial charge is 0.463 e. The molecule has 1 heterocycles. The summed E-state index contributed by atoms with van der Waals surface area (Å²) in [6, 6.07) is 0. The molecule has 1 rings (SSSR count). The van der Waals surface area contributed by atoms with Gasteiger partial charge in [0.05, 0.1) is 12.2 Å². The molecule has 4 heteroatoms. The molecule has 1 aliphatic rings. The molecule has 0 spiro atoms. The van der Waals surface area contributed by atoms with E-state index in [4.69, 9.17) is 9.47 Å². The smallest absolute Gasteiger partial charge is 0.335 e. The van der Waals surface area contributed by atoms with E-state index in [1.807, 2.05) is 6.92 Å². The molecule has 1 N–H and O–H groups in total. The molecule has 0 bridgehead atoms. The third-order valence-corrected chi connectivity index (χ3v) is 3.02. The second-order valence-corrected chi connectivity index (χ2v) is 4.27. The first kappa shape index (κ1) is 14.0. The molecule has 1 fully saturated rings. The van der Waals surface area contributed by atoms with E-state index in [1.165, 1.54) is 0 Å². The van der Waals surface area contributed by atoms with Crippen LogP contribution in [0.4, 0.5) is 0 Å². The second kappa shape index (κ2) is 8.12. The number of hydrogen-bond donors (Lipinski definition) is 1. The van der Waals surface area contributed by atoms with Crippen molar-refractivity contribution in [2.24, 2.45) is 5.92 Å². The fourth-order valence-electron chi connectivity index (χ4n) is 2.03. The van der Waals surface area contributed by atoms with E-state index in [9.17, 15) is 4.79 Å². The summed E-state index contributed by atoms with van der Waals surface area (Å²) in [5.74, 6) is 0.479. The topological polar surface area (TPSA) is 47.6 Å². The van der Waals surface area contributed by atoms with Gasteiger partial charge in [-0.3, -0.25) is 0 Å². The Morgan fingerprint density at radius 2 is 2.18 bits per heavy atom. The van der Waals surface area contributed by atoms with Crippen molar-refractivity contribution in [1.29, 1.82) is 0 Å². The Morgan fingerprint density at radius 1 is 1.47 bits per heavy atom. The molecule has 0 atom stereocenters. The molecule has 1 aliphatic heterocycles. The van der Waals surface area contributed by atoms with Gasteiger partial charge >= 0.3 is 5.97 Å². The number of esters is 1. The van der Waals surface area contributed by atoms with E-state index in [1.54, 1.807) is 13.2 Å². The minimum Gasteiger partial charge on any atom is -0.463 e. The third kappa shape index (κ3) is 5.22. The molecule has 4 nitrogen and oxygen atoms in total. The summed E-state index contributed by atoms with van der Waals surface area (Å²) in [5.41, 5.74) is 0.737. The number of nitrogens with one attached hydrogen (secondary N) is 1. The normalized spacial score (nSPS) is 17.9. The standard InChI is InChI=1S/C13H23NO3/c1-3-17-13(15)12(10-14-2)5-4-11-6-8-16-9-7-11/h10-11,14H,3-9H2,1-2H3/b12-10+. The third-order valence-electron chi connectivity index (χ3n) is 3.02. The average molecular weight is 241 g/mol. The number of rotatable bonds is 6. The Labute approximate surface area is 103 Å². The highest BCUT2D eigenvalue weighted by Gasteiger charge is 2.17. The predicted molar refractivity (Wildman–Crippen MR) is 66.6 cm³/mol. The molecule has 0 aromatic rings. The molecule has 0 aliphatic carbocycles. The van der Waals surface area contributed by atoms with E-state index in [-0.39, 0.29) is 5.97 Å². The lowest BCUT2D eigenvalue weighted by Crippen LogP contribution is -2.17. The molecule has 0 aromatic carbocycles. The Hall–Kier alpha value is -1.03. The van der Waals surface area contributed by atoms with E-state index in [0.29, 0.717) is 12.5 Å². The van der Waals surface area contributed by atoms with Gasteiger partial charge in [-0.05, 0) is 38.5 Å². The van der Waals surface area contributed by atoms with Crippen LogP contribution in [0.25, 0.3) is 0 Å². The van der Waals surface area contributed by atoms with Gasteiger partial charge < -0.3 is 14.8 Å². The van der Waals surface area contributed by atoms with E-state index in [0.717, 1.165) is 44.5 Å². The lowest BCUT2D eigenvalue weighted by atomic mass is 9.93. The van der Waals surface area contributed by atoms with Crippen molar-refractivity contribution < 1.29 is 14.3 Å². The van der Waals surface area contributed by atoms with Crippen LogP contribution in [0.2, 0.25) is 0 Å². The predicted octanol–water partition coefficient (Wildman–Crippen LogP) is 1.86. The van der Waals surface area contributed by atoms with Crippen LogP contribution in [0.3, 0.4) is 0 Å². The van der Waals surface area contributed by atoms with Crippen LogP contribution in [0.1, 0.15) is 32.6 Å². The minimum absolute atomic E-state index is 0.200. The van der Waals surface area contributed by atoms with Crippen molar-refractivity contribution in [2.45, 2.75) is 32.6 Å². The maximum absolute atomic E-state index is 11.7. The average Bonchev–Trinajstić information content (AvgIpc) is 2.36. The van der Waals surface area contributed by atoms with Crippen LogP contribution < -0.4 is 5.32 Å². The van der Waals surface area contributed by atoms with Crippen LogP contribution in [-0.2, 0) is 14.3 Å². The Morgan fingerprint density at radius 3 is 2.76 bits per heavy atom. The van der Waals surface area contributed by atoms with Gasteiger partial charge in [-0.15, -0.1) is 0 Å². The van der Waals surface area contributed by atoms with Crippen LogP contribution in [0.5, 0.6) is 0 Å². The highest BCUT2D eigenvalue weighted by molar-refractivity contribution is 5.88. The molecule has 17 heavy (non-hydrogen) atoms. The van der Waals surface area contributed by atoms with E-state index in [2.05, 4.69) is 5.32 Å². The molecular weight excluding hydrogens is 218 g/mol. The highest BCUT2D eigenvalue weighted by Crippen LogP contribution is 2.22. The van der Waals surface area contributed by atoms with Crippen molar-refractivity contribution in [3.63, 3.8) is 0 Å². The molecule has 1 saturated heterocycles. The van der Waals surface area contributed by atoms with Crippen LogP contribution >= 0.6 is 0 Å². The van der Waals surface area contributed by atoms with Crippen LogP contribution in [0, 0.1) is 5.92 Å². The number of carbonyl (C=O) groups excluding carboxylic acids is 1. The zero-order chi connectivity index (χ0) is 12.5. The number of ether oxygens (including phenoxy) is 2. The van der Waals surface area contributed by atoms with Gasteiger partial charge in [0.2, 0.25) is 0 Å². The van der Waals surface area contributed by atoms with Crippen molar-refractivity contribution in [1.82, 2.24) is 5.32 Å². The monoisotopic (exact) mass is 241 g/mol. The van der Waals surface area contributed by atoms with Gasteiger partial charge in [-0.1, -0.05) is 0 Å². The maximum Gasteiger partial charge on any atom is 0.335 e. The highest BCUT2D eigenvalue weighted by atomic mass is 16.5. The molecule has 98 valence electrons. The fourth-order valence-corrected chi connectivity index (χ4v) is 2.03. The number of hydrogen-bond acceptors (Lipinski definition) is 4. The van der Waals surface area contributed by atoms with Crippen molar-refractivity contribution >= 4 is 5.97 Å². The van der Waals surface area contributed by atoms with E-state index < -0.39 is 0 Å². The van der Waals surface area contributed by atoms with Gasteiger partial charge in [0.25, 0.3) is 0 Å². The summed E-state index contributed by atoms with van der Waals surface area (Å²) in [6.45, 7) is 3.97. The van der Waals surface area contributed by atoms with Crippen LogP contribution in [0.15, 0.2) is 11.8 Å². The zero-order valence-electron chi connectivity index (χ0n) is 10.8. The van der Waals surface area contributed by atoms with Gasteiger partial charge in [-0.25, -0.2) is 4.79 Å². The molecule has 0 radical (unpaired) electrons. The molecule has 0 aromatic heterocycles. The lowest BCUT2D eigenvalue weighted by molar-refractivity contribution is -0.138. The first-order valence-electron chi connectivity index (χ1n) is 6.39. The van der Waals surface area contributed by atoms with Crippen LogP contribution in [-0.4, -0.2) is 32.8 Å². The Kier molecular flexibility index (Phi) is 6.70. The second-order valence-electron chi connectivity index (χ2n) is 4.27. The SMILES string of the molecule is CCOC(=O)/C(=C/NC)CCC1CCOCC1. The quantitative estimate of drug-likeness (QED) is 0.569. The molecule has 0 unspecified atom stereocenters. The van der Waals surface area contributed by atoms with E-state index >= 15 is 0 Å². The number of carbonyl (C=O) groups is 1. The maximum atomic E-state index is 11.7. The summed E-state index contributed by atoms with van der Waals surface area (Å²) in [4.78, 5) is 11.7. The summed E-state index contributed by atoms with van der Waals surface area (Å²) >= 11 is 0. The lowest BCUT2D eigenvalue weighted by Gasteiger charge is -2.22. The summed E-state index contributed by atoms with van der Waals surface area (Å²) in [7, 11) is 1.80. The van der Waals surface area contributed by atoms with Gasteiger partial charge in [0.1, 0.15) is 0 Å². The fraction of sp³-hybridized carbons (Fsp3) is 0.769. The zero-order valence-corrected chi connectivity index (χ0v) is 10.8. The molecule has 0 amide bonds. The first-order chi connectivity index (χ1) is 8.27. The minimum atomic E-state index is -0.200. The van der Waals surface area contributed by atoms with Gasteiger partial charge in [0.15, 0.2) is 0 Å². The summed E-state index contributed by atoms with van der Waals surface area (Å²) in [5, 5.41) is 2.91. The van der Waals surface area contributed by atoms with Crippen molar-refractivity contribution in [2.75, 3.05) is 26.9 Å². The van der Waals surface area contributed by atoms with Crippen molar-refractivity contribution in [3.8, 4) is 0 Å². The van der Waals surface area contributed by atoms with Gasteiger partial charge in [-0.2, -0.15) is 0 Å². The Bertz CT molecular complexity index is 257. The van der Waals surface area contributed by atoms with Crippen molar-refractivity contribution in [3.05, 3.63) is 11.8 Å². The molecule has 0 saturated carbocycles. The summed E-state index contributed by atoms with van der Waals surface area (Å²) in [6.07, 6.45) is 5.78. The van der Waals surface area contributed by atoms with Gasteiger partial charge in [0, 0.05) is 26.5 Å².